The third-order valence-corrected chi connectivity index (χ3v) is 2.57. The molecule has 1 amide bonds. The molecular weight excluding hydrogens is 212 g/mol. The van der Waals surface area contributed by atoms with E-state index in [-0.39, 0.29) is 18.5 Å². The predicted octanol–water partition coefficient (Wildman–Crippen LogP) is -1.22. The number of rotatable bonds is 4. The van der Waals surface area contributed by atoms with Crippen molar-refractivity contribution < 1.29 is 19.4 Å². The molecule has 2 atom stereocenters. The van der Waals surface area contributed by atoms with Gasteiger partial charge in [-0.2, -0.15) is 0 Å². The molecule has 1 aliphatic rings. The summed E-state index contributed by atoms with van der Waals surface area (Å²) < 4.78 is 4.33. The highest BCUT2D eigenvalue weighted by Gasteiger charge is 2.22. The van der Waals surface area contributed by atoms with Gasteiger partial charge in [0.1, 0.15) is 0 Å². The number of piperidine rings is 1. The normalized spacial score (nSPS) is 22.2. The van der Waals surface area contributed by atoms with Gasteiger partial charge in [0.2, 0.25) is 5.91 Å². The van der Waals surface area contributed by atoms with Gasteiger partial charge in [0.15, 0.2) is 6.10 Å². The zero-order valence-electron chi connectivity index (χ0n) is 9.36. The third-order valence-electron chi connectivity index (χ3n) is 2.57. The van der Waals surface area contributed by atoms with Crippen molar-refractivity contribution in [3.63, 3.8) is 0 Å². The first-order valence-corrected chi connectivity index (χ1v) is 5.42. The van der Waals surface area contributed by atoms with Crippen LogP contribution in [0.5, 0.6) is 0 Å². The van der Waals surface area contributed by atoms with E-state index in [9.17, 15) is 14.7 Å². The van der Waals surface area contributed by atoms with Crippen LogP contribution < -0.4 is 10.6 Å². The van der Waals surface area contributed by atoms with E-state index in [1.165, 1.54) is 7.11 Å². The van der Waals surface area contributed by atoms with Gasteiger partial charge in [-0.05, 0) is 19.4 Å². The quantitative estimate of drug-likeness (QED) is 0.527. The Bertz CT molecular complexity index is 251. The van der Waals surface area contributed by atoms with Crippen molar-refractivity contribution in [1.82, 2.24) is 10.6 Å². The van der Waals surface area contributed by atoms with Gasteiger partial charge in [0.05, 0.1) is 19.7 Å². The number of methoxy groups -OCH3 is 1. The van der Waals surface area contributed by atoms with Crippen molar-refractivity contribution in [2.75, 3.05) is 20.2 Å². The second kappa shape index (κ2) is 6.44. The van der Waals surface area contributed by atoms with Gasteiger partial charge in [0, 0.05) is 0 Å². The molecule has 6 heteroatoms. The fourth-order valence-electron chi connectivity index (χ4n) is 1.62. The van der Waals surface area contributed by atoms with Gasteiger partial charge < -0.3 is 20.5 Å². The maximum absolute atomic E-state index is 11.6. The fourth-order valence-corrected chi connectivity index (χ4v) is 1.62. The lowest BCUT2D eigenvalue weighted by molar-refractivity contribution is -0.150. The van der Waals surface area contributed by atoms with Gasteiger partial charge >= 0.3 is 5.97 Å². The lowest BCUT2D eigenvalue weighted by Crippen LogP contribution is -2.49. The Hall–Kier alpha value is -1.14. The zero-order valence-corrected chi connectivity index (χ0v) is 9.36. The summed E-state index contributed by atoms with van der Waals surface area (Å²) in [6.45, 7) is 0.724. The minimum absolute atomic E-state index is 0.107. The van der Waals surface area contributed by atoms with Crippen LogP contribution >= 0.6 is 0 Å². The van der Waals surface area contributed by atoms with Crippen LogP contribution in [0.2, 0.25) is 0 Å². The molecule has 3 N–H and O–H groups in total. The Morgan fingerprint density at radius 2 is 2.31 bits per heavy atom. The number of aliphatic hydroxyl groups excluding tert-OH is 1. The number of carbonyl (C=O) groups is 2. The van der Waals surface area contributed by atoms with Crippen molar-refractivity contribution in [2.45, 2.75) is 31.4 Å². The monoisotopic (exact) mass is 230 g/mol. The van der Waals surface area contributed by atoms with Crippen LogP contribution in [-0.2, 0) is 14.3 Å². The van der Waals surface area contributed by atoms with Crippen LogP contribution in [0.1, 0.15) is 19.3 Å². The van der Waals surface area contributed by atoms with E-state index in [0.717, 1.165) is 25.8 Å². The Kier molecular flexibility index (Phi) is 5.21. The average molecular weight is 230 g/mol. The lowest BCUT2D eigenvalue weighted by Gasteiger charge is -2.22. The van der Waals surface area contributed by atoms with Gasteiger partial charge in [-0.1, -0.05) is 6.42 Å². The van der Waals surface area contributed by atoms with E-state index in [4.69, 9.17) is 0 Å². The lowest BCUT2D eigenvalue weighted by atomic mass is 10.0. The topological polar surface area (TPSA) is 87.7 Å². The molecular formula is C10H18N2O4. The predicted molar refractivity (Wildman–Crippen MR) is 56.7 cm³/mol. The third kappa shape index (κ3) is 3.79. The molecule has 0 aromatic rings. The summed E-state index contributed by atoms with van der Waals surface area (Å²) in [4.78, 5) is 22.4. The molecule has 0 radical (unpaired) electrons. The van der Waals surface area contributed by atoms with Crippen LogP contribution in [0.15, 0.2) is 0 Å². The van der Waals surface area contributed by atoms with Crippen molar-refractivity contribution in [3.8, 4) is 0 Å². The Morgan fingerprint density at radius 3 is 2.88 bits per heavy atom. The van der Waals surface area contributed by atoms with Crippen LogP contribution in [0.25, 0.3) is 0 Å². The average Bonchev–Trinajstić information content (AvgIpc) is 2.35. The van der Waals surface area contributed by atoms with E-state index in [1.54, 1.807) is 0 Å². The van der Waals surface area contributed by atoms with Gasteiger partial charge in [-0.3, -0.25) is 4.79 Å². The first-order chi connectivity index (χ1) is 7.65. The molecule has 6 nitrogen and oxygen atoms in total. The summed E-state index contributed by atoms with van der Waals surface area (Å²) >= 11 is 0. The minimum atomic E-state index is -1.29. The van der Waals surface area contributed by atoms with E-state index in [1.807, 2.05) is 0 Å². The summed E-state index contributed by atoms with van der Waals surface area (Å²) in [6, 6.07) is -0.210. The van der Waals surface area contributed by atoms with E-state index >= 15 is 0 Å². The number of aliphatic hydroxyl groups is 1. The molecule has 92 valence electrons. The van der Waals surface area contributed by atoms with E-state index < -0.39 is 12.1 Å². The highest BCUT2D eigenvalue weighted by atomic mass is 16.5. The molecule has 1 fully saturated rings. The second-order valence-corrected chi connectivity index (χ2v) is 3.79. The number of ether oxygens (including phenoxy) is 1. The summed E-state index contributed by atoms with van der Waals surface area (Å²) in [7, 11) is 1.19. The van der Waals surface area contributed by atoms with Crippen LogP contribution in [-0.4, -0.2) is 49.3 Å². The summed E-state index contributed by atoms with van der Waals surface area (Å²) in [5, 5.41) is 14.8. The van der Waals surface area contributed by atoms with Crippen molar-refractivity contribution in [3.05, 3.63) is 0 Å². The molecule has 2 unspecified atom stereocenters. The van der Waals surface area contributed by atoms with Crippen LogP contribution in [0, 0.1) is 0 Å². The van der Waals surface area contributed by atoms with Gasteiger partial charge in [0.25, 0.3) is 0 Å². The maximum Gasteiger partial charge on any atom is 0.336 e. The van der Waals surface area contributed by atoms with Crippen molar-refractivity contribution in [2.24, 2.45) is 0 Å². The summed E-state index contributed by atoms with van der Waals surface area (Å²) in [5.41, 5.74) is 0. The molecule has 16 heavy (non-hydrogen) atoms. The number of carbonyl (C=O) groups excluding carboxylic acids is 2. The van der Waals surface area contributed by atoms with Crippen molar-refractivity contribution >= 4 is 11.9 Å². The number of esters is 1. The molecule has 0 aliphatic carbocycles. The molecule has 1 saturated heterocycles. The maximum atomic E-state index is 11.6. The Balaban J connectivity index is 2.26. The number of nitrogens with one attached hydrogen (secondary N) is 2. The molecule has 1 aliphatic heterocycles. The largest absolute Gasteiger partial charge is 0.467 e. The Morgan fingerprint density at radius 1 is 1.56 bits per heavy atom. The van der Waals surface area contributed by atoms with Crippen LogP contribution in [0.4, 0.5) is 0 Å². The van der Waals surface area contributed by atoms with Crippen LogP contribution in [0.3, 0.4) is 0 Å². The molecule has 0 saturated carbocycles. The smallest absolute Gasteiger partial charge is 0.336 e. The minimum Gasteiger partial charge on any atom is -0.467 e. The number of amides is 1. The highest BCUT2D eigenvalue weighted by Crippen LogP contribution is 2.06. The van der Waals surface area contributed by atoms with Gasteiger partial charge in [-0.25, -0.2) is 4.79 Å². The molecule has 1 heterocycles. The Labute approximate surface area is 94.3 Å². The molecule has 0 bridgehead atoms. The molecule has 0 spiro atoms. The van der Waals surface area contributed by atoms with E-state index in [0.29, 0.717) is 0 Å². The first kappa shape index (κ1) is 12.9. The molecule has 0 aromatic heterocycles. The number of hydrogen-bond donors (Lipinski definition) is 3. The van der Waals surface area contributed by atoms with Gasteiger partial charge in [-0.15, -0.1) is 0 Å². The van der Waals surface area contributed by atoms with Crippen molar-refractivity contribution in [1.29, 1.82) is 0 Å². The summed E-state index contributed by atoms with van der Waals surface area (Å²) in [6.07, 6.45) is 1.59. The molecule has 1 rings (SSSR count). The van der Waals surface area contributed by atoms with E-state index in [2.05, 4.69) is 15.4 Å². The second-order valence-electron chi connectivity index (χ2n) is 3.79. The summed E-state index contributed by atoms with van der Waals surface area (Å²) in [5.74, 6) is -0.917. The number of hydrogen-bond acceptors (Lipinski definition) is 5. The first-order valence-electron chi connectivity index (χ1n) is 5.42. The fraction of sp³-hybridized carbons (Fsp3) is 0.800. The standard InChI is InChI=1S/C10H18N2O4/c1-16-10(15)8(13)6-12-9(14)7-4-2-3-5-11-7/h7-8,11,13H,2-6H2,1H3,(H,12,14). The zero-order chi connectivity index (χ0) is 12.0. The highest BCUT2D eigenvalue weighted by molar-refractivity contribution is 5.83. The molecule has 0 aromatic carbocycles. The SMILES string of the molecule is COC(=O)C(O)CNC(=O)C1CCCCN1.